The number of benzene rings is 1. The van der Waals surface area contributed by atoms with Gasteiger partial charge in [-0.1, -0.05) is 13.0 Å². The lowest BCUT2D eigenvalue weighted by atomic mass is 10.1. The van der Waals surface area contributed by atoms with Crippen LogP contribution in [0.25, 0.3) is 0 Å². The molecule has 152 valence electrons. The molecule has 1 unspecified atom stereocenters. The molecule has 29 heavy (non-hydrogen) atoms. The fourth-order valence-corrected chi connectivity index (χ4v) is 3.22. The second-order valence-electron chi connectivity index (χ2n) is 6.71. The van der Waals surface area contributed by atoms with Gasteiger partial charge in [0.1, 0.15) is 23.4 Å². The van der Waals surface area contributed by atoms with Crippen LogP contribution in [0.1, 0.15) is 35.5 Å². The fraction of sp³-hybridized carbons (Fsp3) is 0.250. The Labute approximate surface area is 175 Å². The molecule has 1 heterocycles. The maximum absolute atomic E-state index is 12.2. The second-order valence-corrected chi connectivity index (χ2v) is 7.62. The molecule has 8 nitrogen and oxygen atoms in total. The largest absolute Gasteiger partial charge is 0.505 e. The van der Waals surface area contributed by atoms with E-state index in [2.05, 4.69) is 26.6 Å². The molecule has 3 rings (SSSR count). The lowest BCUT2D eigenvalue weighted by molar-refractivity contribution is 0.0824. The van der Waals surface area contributed by atoms with Gasteiger partial charge < -0.3 is 25.1 Å². The van der Waals surface area contributed by atoms with E-state index in [1.54, 1.807) is 26.2 Å². The zero-order chi connectivity index (χ0) is 21.3. The van der Waals surface area contributed by atoms with Gasteiger partial charge in [0, 0.05) is 14.1 Å². The number of phenolic OH excluding ortho intramolecular Hbond substituents is 1. The summed E-state index contributed by atoms with van der Waals surface area (Å²) in [5, 5.41) is 16.3. The second kappa shape index (κ2) is 8.12. The molecule has 3 N–H and O–H groups in total. The SMILES string of the molecule is CCC(Nc1c(Nc2cccc(C(=O)N(C)C)c2O)c(=O)c1=O)c1cc(Br)co1. The number of phenols is 1. The molecule has 0 bridgehead atoms. The fourth-order valence-electron chi connectivity index (χ4n) is 2.90. The van der Waals surface area contributed by atoms with Crippen molar-refractivity contribution < 1.29 is 14.3 Å². The van der Waals surface area contributed by atoms with Gasteiger partial charge in [-0.05, 0) is 40.5 Å². The zero-order valence-electron chi connectivity index (χ0n) is 16.1. The van der Waals surface area contributed by atoms with Crippen molar-refractivity contribution in [2.45, 2.75) is 19.4 Å². The number of carbonyl (C=O) groups is 1. The third-order valence-corrected chi connectivity index (χ3v) is 4.92. The summed E-state index contributed by atoms with van der Waals surface area (Å²) in [5.74, 6) is -0.0732. The van der Waals surface area contributed by atoms with Gasteiger partial charge in [0.25, 0.3) is 16.8 Å². The molecule has 0 spiro atoms. The Morgan fingerprint density at radius 3 is 2.52 bits per heavy atom. The van der Waals surface area contributed by atoms with Crippen LogP contribution < -0.4 is 21.5 Å². The smallest absolute Gasteiger partial charge is 0.257 e. The number of aromatic hydroxyl groups is 1. The van der Waals surface area contributed by atoms with Gasteiger partial charge in [-0.2, -0.15) is 0 Å². The Morgan fingerprint density at radius 1 is 1.24 bits per heavy atom. The van der Waals surface area contributed by atoms with E-state index in [1.165, 1.54) is 23.3 Å². The van der Waals surface area contributed by atoms with Crippen LogP contribution >= 0.6 is 15.9 Å². The maximum atomic E-state index is 12.2. The van der Waals surface area contributed by atoms with Crippen molar-refractivity contribution in [2.24, 2.45) is 0 Å². The quantitative estimate of drug-likeness (QED) is 0.365. The minimum absolute atomic E-state index is 0.0313. The standard InChI is InChI=1S/C20H20BrN3O5/c1-4-12(14-8-10(21)9-29-14)22-15-16(19(27)18(15)26)23-13-7-5-6-11(17(13)25)20(28)24(2)3/h5-9,12,22-23,25H,4H2,1-3H3. The molecule has 0 saturated carbocycles. The lowest BCUT2D eigenvalue weighted by Crippen LogP contribution is -2.37. The number of nitrogens with one attached hydrogen (secondary N) is 2. The van der Waals surface area contributed by atoms with Gasteiger partial charge in [-0.3, -0.25) is 14.4 Å². The van der Waals surface area contributed by atoms with Crippen molar-refractivity contribution in [2.75, 3.05) is 24.7 Å². The summed E-state index contributed by atoms with van der Waals surface area (Å²) in [6.07, 6.45) is 2.14. The normalized spacial score (nSPS) is 12.0. The minimum atomic E-state index is -0.702. The summed E-state index contributed by atoms with van der Waals surface area (Å²) in [5.41, 5.74) is -0.980. The number of furan rings is 1. The van der Waals surface area contributed by atoms with Gasteiger partial charge in [0.15, 0.2) is 5.75 Å². The summed E-state index contributed by atoms with van der Waals surface area (Å²) in [6, 6.07) is 6.03. The number of halogens is 1. The van der Waals surface area contributed by atoms with E-state index >= 15 is 0 Å². The first kappa shape index (κ1) is 20.7. The van der Waals surface area contributed by atoms with E-state index in [9.17, 15) is 19.5 Å². The summed E-state index contributed by atoms with van der Waals surface area (Å²) >= 11 is 3.32. The minimum Gasteiger partial charge on any atom is -0.505 e. The Morgan fingerprint density at radius 2 is 1.93 bits per heavy atom. The molecule has 0 aliphatic rings. The van der Waals surface area contributed by atoms with Crippen LogP contribution in [0.2, 0.25) is 0 Å². The van der Waals surface area contributed by atoms with Gasteiger partial charge in [-0.15, -0.1) is 0 Å². The Bertz CT molecular complexity index is 1130. The molecule has 1 atom stereocenters. The third kappa shape index (κ3) is 3.91. The molecule has 3 aromatic rings. The predicted molar refractivity (Wildman–Crippen MR) is 114 cm³/mol. The van der Waals surface area contributed by atoms with Crippen LogP contribution in [-0.2, 0) is 0 Å². The van der Waals surface area contributed by atoms with Crippen molar-refractivity contribution in [1.82, 2.24) is 4.90 Å². The molecule has 0 aliphatic heterocycles. The number of para-hydroxylation sites is 1. The van der Waals surface area contributed by atoms with Crippen molar-refractivity contribution in [3.63, 3.8) is 0 Å². The molecular formula is C20H20BrN3O5. The number of nitrogens with zero attached hydrogens (tertiary/aromatic N) is 1. The van der Waals surface area contributed by atoms with Crippen molar-refractivity contribution in [1.29, 1.82) is 0 Å². The number of anilines is 3. The molecule has 9 heteroatoms. The highest BCUT2D eigenvalue weighted by Gasteiger charge is 2.26. The molecule has 2 aromatic carbocycles. The molecule has 1 amide bonds. The first-order chi connectivity index (χ1) is 13.7. The van der Waals surface area contributed by atoms with E-state index in [1.807, 2.05) is 6.92 Å². The number of hydrogen-bond acceptors (Lipinski definition) is 7. The first-order valence-electron chi connectivity index (χ1n) is 8.89. The third-order valence-electron chi connectivity index (χ3n) is 4.50. The molecule has 0 saturated heterocycles. The number of hydrogen-bond donors (Lipinski definition) is 3. The van der Waals surface area contributed by atoms with Crippen molar-refractivity contribution in [3.8, 4) is 5.75 Å². The monoisotopic (exact) mass is 461 g/mol. The zero-order valence-corrected chi connectivity index (χ0v) is 17.7. The van der Waals surface area contributed by atoms with Crippen LogP contribution in [0.5, 0.6) is 5.75 Å². The topological polar surface area (TPSA) is 112 Å². The van der Waals surface area contributed by atoms with Crippen LogP contribution in [0, 0.1) is 0 Å². The summed E-state index contributed by atoms with van der Waals surface area (Å²) in [6.45, 7) is 1.91. The van der Waals surface area contributed by atoms with Crippen LogP contribution in [0.3, 0.4) is 0 Å². The average Bonchev–Trinajstić information content (AvgIpc) is 3.13. The van der Waals surface area contributed by atoms with E-state index in [0.29, 0.717) is 12.2 Å². The average molecular weight is 462 g/mol. The van der Waals surface area contributed by atoms with E-state index in [4.69, 9.17) is 4.42 Å². The van der Waals surface area contributed by atoms with Gasteiger partial charge in [0.2, 0.25) is 0 Å². The summed E-state index contributed by atoms with van der Waals surface area (Å²) in [7, 11) is 3.14. The summed E-state index contributed by atoms with van der Waals surface area (Å²) < 4.78 is 6.22. The Hall–Kier alpha value is -3.07. The highest BCUT2D eigenvalue weighted by atomic mass is 79.9. The van der Waals surface area contributed by atoms with Gasteiger partial charge in [0.05, 0.1) is 21.8 Å². The Kier molecular flexibility index (Phi) is 5.78. The van der Waals surface area contributed by atoms with Crippen molar-refractivity contribution >= 4 is 38.9 Å². The van der Waals surface area contributed by atoms with Gasteiger partial charge >= 0.3 is 0 Å². The lowest BCUT2D eigenvalue weighted by Gasteiger charge is -2.21. The molecule has 0 radical (unpaired) electrons. The van der Waals surface area contributed by atoms with E-state index < -0.39 is 10.9 Å². The predicted octanol–water partition coefficient (Wildman–Crippen LogP) is 3.35. The maximum Gasteiger partial charge on any atom is 0.257 e. The first-order valence-corrected chi connectivity index (χ1v) is 9.68. The molecule has 0 aliphatic carbocycles. The summed E-state index contributed by atoms with van der Waals surface area (Å²) in [4.78, 5) is 37.8. The number of amides is 1. The molecular weight excluding hydrogens is 442 g/mol. The number of carbonyl (C=O) groups excluding carboxylic acids is 1. The Balaban J connectivity index is 1.90. The van der Waals surface area contributed by atoms with Crippen LogP contribution in [-0.4, -0.2) is 30.0 Å². The van der Waals surface area contributed by atoms with Gasteiger partial charge in [-0.25, -0.2) is 0 Å². The van der Waals surface area contributed by atoms with Crippen LogP contribution in [0.15, 0.2) is 49.0 Å². The van der Waals surface area contributed by atoms with Crippen LogP contribution in [0.4, 0.5) is 17.1 Å². The highest BCUT2D eigenvalue weighted by molar-refractivity contribution is 9.10. The number of rotatable bonds is 7. The van der Waals surface area contributed by atoms with Crippen molar-refractivity contribution in [3.05, 3.63) is 66.8 Å². The van der Waals surface area contributed by atoms with E-state index in [0.717, 1.165) is 4.47 Å². The van der Waals surface area contributed by atoms with E-state index in [-0.39, 0.29) is 40.3 Å². The molecule has 0 fully saturated rings. The molecule has 1 aromatic heterocycles. The highest BCUT2D eigenvalue weighted by Crippen LogP contribution is 2.33.